The Morgan fingerprint density at radius 2 is 1.75 bits per heavy atom. The summed E-state index contributed by atoms with van der Waals surface area (Å²) < 4.78 is 20.4. The normalized spacial score (nSPS) is 45.3. The highest BCUT2D eigenvalue weighted by molar-refractivity contribution is 5.95. The van der Waals surface area contributed by atoms with Crippen molar-refractivity contribution in [2.45, 2.75) is 146 Å². The molecule has 14 atom stereocenters. The molecule has 0 aromatic heterocycles. The number of ketones is 1. The van der Waals surface area contributed by atoms with Gasteiger partial charge in [0.15, 0.2) is 5.78 Å². The first kappa shape index (κ1) is 36.9. The summed E-state index contributed by atoms with van der Waals surface area (Å²) in [6.45, 7) is 8.96. The van der Waals surface area contributed by atoms with Crippen molar-refractivity contribution in [1.29, 1.82) is 0 Å². The fourth-order valence-electron chi connectivity index (χ4n) is 13.4. The summed E-state index contributed by atoms with van der Waals surface area (Å²) in [5.41, 5.74) is -0.642. The monoisotopic (exact) mass is 714 g/mol. The molecule has 7 nitrogen and oxygen atoms in total. The quantitative estimate of drug-likeness (QED) is 0.280. The first-order chi connectivity index (χ1) is 25.0. The van der Waals surface area contributed by atoms with Gasteiger partial charge in [0.05, 0.1) is 48.6 Å². The van der Waals surface area contributed by atoms with Crippen molar-refractivity contribution in [2.75, 3.05) is 19.8 Å². The number of allylic oxidation sites excluding steroid dienone is 1. The van der Waals surface area contributed by atoms with Crippen LogP contribution in [0.2, 0.25) is 0 Å². The molecule has 0 radical (unpaired) electrons. The molecule has 1 aromatic rings. The van der Waals surface area contributed by atoms with Gasteiger partial charge < -0.3 is 29.5 Å². The summed E-state index contributed by atoms with van der Waals surface area (Å²) in [4.78, 5) is 14.6. The van der Waals surface area contributed by atoms with E-state index in [2.05, 4.69) is 56.9 Å². The Labute approximate surface area is 311 Å². The lowest BCUT2D eigenvalue weighted by Crippen LogP contribution is -2.67. The van der Waals surface area contributed by atoms with Gasteiger partial charge in [-0.25, -0.2) is 0 Å². The van der Waals surface area contributed by atoms with Crippen LogP contribution in [0.3, 0.4) is 0 Å². The molecule has 0 amide bonds. The molecule has 284 valence electrons. The van der Waals surface area contributed by atoms with Crippen molar-refractivity contribution in [3.63, 3.8) is 0 Å². The van der Waals surface area contributed by atoms with E-state index in [1.807, 2.05) is 19.1 Å². The van der Waals surface area contributed by atoms with Crippen LogP contribution in [0.15, 0.2) is 42.0 Å². The van der Waals surface area contributed by atoms with Crippen LogP contribution in [-0.2, 0) is 19.0 Å². The molecule has 3 N–H and O–H groups in total. The maximum Gasteiger partial charge on any atom is 0.159 e. The average molecular weight is 715 g/mol. The zero-order chi connectivity index (χ0) is 36.5. The molecule has 1 spiro atoms. The topological polar surface area (TPSA) is 105 Å². The van der Waals surface area contributed by atoms with Gasteiger partial charge in [-0.15, -0.1) is 0 Å². The zero-order valence-corrected chi connectivity index (χ0v) is 31.9. The lowest BCUT2D eigenvalue weighted by Gasteiger charge is -2.65. The highest BCUT2D eigenvalue weighted by Gasteiger charge is 2.74. The summed E-state index contributed by atoms with van der Waals surface area (Å²) in [7, 11) is 0. The smallest absolute Gasteiger partial charge is 0.159 e. The summed E-state index contributed by atoms with van der Waals surface area (Å²) >= 11 is 0. The Balaban J connectivity index is 1.26. The van der Waals surface area contributed by atoms with E-state index in [1.165, 1.54) is 6.42 Å². The van der Waals surface area contributed by atoms with E-state index in [0.717, 1.165) is 68.9 Å². The zero-order valence-electron chi connectivity index (χ0n) is 31.9. The second kappa shape index (κ2) is 13.9. The van der Waals surface area contributed by atoms with Crippen molar-refractivity contribution in [2.24, 2.45) is 46.3 Å². The van der Waals surface area contributed by atoms with Gasteiger partial charge in [-0.3, -0.25) is 4.79 Å². The van der Waals surface area contributed by atoms with Crippen molar-refractivity contribution in [1.82, 2.24) is 0 Å². The molecule has 52 heavy (non-hydrogen) atoms. The van der Waals surface area contributed by atoms with Crippen molar-refractivity contribution in [3.8, 4) is 11.8 Å². The maximum atomic E-state index is 14.6. The highest BCUT2D eigenvalue weighted by Crippen LogP contribution is 2.73. The SMILES string of the molecule is C[C@@H]1[C@@H](C)[C@@H](CO)O[C@@H]1[C@@H](O)[C@@](C)(O)[C@H]1CC[C@@]23OCC#C[C@@H](c4ccccc4)CO[C@H]4CC[C@@]5(C)[C@@H](C4)C(=O)C=C2[C@@H]5CC[C@]13C1CCCCC1. The molecule has 5 aliphatic carbocycles. The molecule has 4 heterocycles. The number of carbonyl (C=O) groups excluding carboxylic acids is 1. The van der Waals surface area contributed by atoms with E-state index in [1.54, 1.807) is 0 Å². The number of hydrogen-bond acceptors (Lipinski definition) is 7. The van der Waals surface area contributed by atoms with E-state index in [4.69, 9.17) is 14.2 Å². The Hall–Kier alpha value is -2.05. The number of aliphatic hydroxyl groups excluding tert-OH is 2. The lowest BCUT2D eigenvalue weighted by atomic mass is 9.42. The van der Waals surface area contributed by atoms with E-state index in [9.17, 15) is 20.1 Å². The third-order valence-corrected chi connectivity index (χ3v) is 16.3. The van der Waals surface area contributed by atoms with E-state index < -0.39 is 28.8 Å². The molecular weight excluding hydrogens is 652 g/mol. The van der Waals surface area contributed by atoms with Crippen LogP contribution in [0.1, 0.15) is 116 Å². The van der Waals surface area contributed by atoms with Gasteiger partial charge >= 0.3 is 0 Å². The van der Waals surface area contributed by atoms with Gasteiger partial charge in [0.2, 0.25) is 0 Å². The van der Waals surface area contributed by atoms with Crippen LogP contribution in [0.4, 0.5) is 0 Å². The van der Waals surface area contributed by atoms with Crippen LogP contribution in [-0.4, -0.2) is 76.5 Å². The number of aliphatic hydroxyl groups is 3. The number of rotatable bonds is 6. The van der Waals surface area contributed by atoms with E-state index >= 15 is 0 Å². The van der Waals surface area contributed by atoms with E-state index in [0.29, 0.717) is 19.4 Å². The Bertz CT molecular complexity index is 1570. The average Bonchev–Trinajstić information content (AvgIpc) is 3.66. The molecule has 6 bridgehead atoms. The largest absolute Gasteiger partial charge is 0.394 e. The molecule has 4 saturated carbocycles. The van der Waals surface area contributed by atoms with Crippen LogP contribution in [0.5, 0.6) is 0 Å². The summed E-state index contributed by atoms with van der Waals surface area (Å²) in [5, 5.41) is 35.4. The van der Waals surface area contributed by atoms with Gasteiger partial charge in [0, 0.05) is 11.3 Å². The second-order valence-electron chi connectivity index (χ2n) is 18.5. The third-order valence-electron chi connectivity index (χ3n) is 16.3. The molecule has 7 heteroatoms. The Kier molecular flexibility index (Phi) is 9.87. The molecule has 9 aliphatic rings. The number of carbonyl (C=O) groups is 1. The second-order valence-corrected chi connectivity index (χ2v) is 18.5. The van der Waals surface area contributed by atoms with Gasteiger partial charge in [0.25, 0.3) is 0 Å². The molecule has 1 saturated heterocycles. The third kappa shape index (κ3) is 5.55. The highest BCUT2D eigenvalue weighted by atomic mass is 16.5. The number of ether oxygens (including phenoxy) is 3. The standard InChI is InChI=1S/C45H62O7/c1-28-29(2)40(52-38(28)26-46)41(48)43(4,49)39-19-22-45-35-25-37(47)36-24-33(50-27-31(14-11-23-51-45)30-12-7-5-8-13-30)17-20-42(36,3)34(35)18-21-44(39,45)32-15-9-6-10-16-32/h5,7-8,12-13,25,28-29,31-34,36,38-41,46,48-49H,6,9-10,15-24,26-27H2,1-4H3/t28-,29-,31-,33+,34+,36+,38-,39-,40+,41-,42-,43+,44+,45-/m1/s1. The molecule has 4 aliphatic heterocycles. The fraction of sp³-hybridized carbons (Fsp3) is 0.756. The first-order valence-electron chi connectivity index (χ1n) is 20.7. The Morgan fingerprint density at radius 1 is 0.981 bits per heavy atom. The minimum absolute atomic E-state index is 0.0246. The predicted octanol–water partition coefficient (Wildman–Crippen LogP) is 6.77. The van der Waals surface area contributed by atoms with E-state index in [-0.39, 0.29) is 78.0 Å². The van der Waals surface area contributed by atoms with Crippen LogP contribution in [0.25, 0.3) is 0 Å². The van der Waals surface area contributed by atoms with Crippen molar-refractivity contribution < 1.29 is 34.3 Å². The molecule has 0 unspecified atom stereocenters. The molecular formula is C45H62O7. The minimum Gasteiger partial charge on any atom is -0.394 e. The summed E-state index contributed by atoms with van der Waals surface area (Å²) in [6.07, 6.45) is 11.4. The van der Waals surface area contributed by atoms with Gasteiger partial charge in [-0.05, 0) is 117 Å². The summed E-state index contributed by atoms with van der Waals surface area (Å²) in [6, 6.07) is 10.4. The van der Waals surface area contributed by atoms with Gasteiger partial charge in [-0.2, -0.15) is 0 Å². The Morgan fingerprint density at radius 3 is 2.48 bits per heavy atom. The predicted molar refractivity (Wildman–Crippen MR) is 199 cm³/mol. The molecule has 1 aromatic carbocycles. The minimum atomic E-state index is -1.48. The number of fused-ring (bicyclic) bond motifs is 2. The fourth-order valence-corrected chi connectivity index (χ4v) is 13.4. The lowest BCUT2D eigenvalue weighted by molar-refractivity contribution is -0.225. The molecule has 10 rings (SSSR count). The maximum absolute atomic E-state index is 14.6. The van der Waals surface area contributed by atoms with Gasteiger partial charge in [0.1, 0.15) is 12.7 Å². The van der Waals surface area contributed by atoms with Crippen LogP contribution in [0, 0.1) is 58.2 Å². The van der Waals surface area contributed by atoms with Crippen molar-refractivity contribution in [3.05, 3.63) is 47.5 Å². The number of benzene rings is 1. The first-order valence-corrected chi connectivity index (χ1v) is 20.7. The number of hydrogen-bond donors (Lipinski definition) is 3. The van der Waals surface area contributed by atoms with Crippen molar-refractivity contribution >= 4 is 5.78 Å². The summed E-state index contributed by atoms with van der Waals surface area (Å²) in [5.74, 6) is 7.30. The van der Waals surface area contributed by atoms with Gasteiger partial charge in [-0.1, -0.05) is 82.2 Å². The molecule has 5 fully saturated rings. The van der Waals surface area contributed by atoms with Crippen LogP contribution >= 0.6 is 0 Å². The van der Waals surface area contributed by atoms with Crippen LogP contribution < -0.4 is 0 Å².